The molecule has 1 heterocycles. The van der Waals surface area contributed by atoms with E-state index in [1.165, 1.54) is 25.7 Å². The zero-order valence-corrected chi connectivity index (χ0v) is 32.0. The summed E-state index contributed by atoms with van der Waals surface area (Å²) in [5.41, 5.74) is 3.26. The third kappa shape index (κ3) is 8.64. The van der Waals surface area contributed by atoms with Crippen LogP contribution in [0.5, 0.6) is 17.2 Å². The summed E-state index contributed by atoms with van der Waals surface area (Å²) in [5.74, 6) is 1.31. The molecule has 282 valence electrons. The Kier molecular flexibility index (Phi) is 12.9. The fraction of sp³-hybridized carbons (Fsp3) is 0.581. The van der Waals surface area contributed by atoms with Crippen LogP contribution >= 0.6 is 11.8 Å². The van der Waals surface area contributed by atoms with Gasteiger partial charge in [-0.1, -0.05) is 55.1 Å². The van der Waals surface area contributed by atoms with Gasteiger partial charge >= 0.3 is 0 Å². The standard InChI is InChI=1S/C43H57NO7S/c1-5-23-48-43-39(52-33-16-6-7-17-33)27-37(44-51-42(2,3)4)35-25-30(14-8-10-21-45)34(18-9-11-22-46)40(41(35)43)36-26-32(19-20-38(36)50-43)49-31-15-12-13-29(24-31)28-47/h5,12-13,15,19-20,24-26,28,30,33-34,39-41,45-46H,1,6-11,14,16-18,21-23,27H2,2-4H3. The average molecular weight is 732 g/mol. The molecule has 2 aromatic carbocycles. The van der Waals surface area contributed by atoms with E-state index in [-0.39, 0.29) is 42.1 Å². The fourth-order valence-corrected chi connectivity index (χ4v) is 10.5. The lowest BCUT2D eigenvalue weighted by Gasteiger charge is -2.58. The van der Waals surface area contributed by atoms with Crippen LogP contribution in [0, 0.1) is 17.8 Å². The van der Waals surface area contributed by atoms with Gasteiger partial charge in [-0.3, -0.25) is 4.79 Å². The third-order valence-electron chi connectivity index (χ3n) is 10.9. The van der Waals surface area contributed by atoms with Crippen molar-refractivity contribution in [1.82, 2.24) is 0 Å². The lowest BCUT2D eigenvalue weighted by Crippen LogP contribution is -2.64. The molecule has 9 heteroatoms. The van der Waals surface area contributed by atoms with Gasteiger partial charge in [0.25, 0.3) is 0 Å². The highest BCUT2D eigenvalue weighted by molar-refractivity contribution is 8.00. The van der Waals surface area contributed by atoms with E-state index < -0.39 is 11.4 Å². The van der Waals surface area contributed by atoms with Crippen LogP contribution in [0.25, 0.3) is 0 Å². The summed E-state index contributed by atoms with van der Waals surface area (Å²) in [4.78, 5) is 17.8. The predicted octanol–water partition coefficient (Wildman–Crippen LogP) is 9.40. The van der Waals surface area contributed by atoms with Crippen LogP contribution in [-0.4, -0.2) is 63.9 Å². The number of hydrogen-bond acceptors (Lipinski definition) is 9. The quantitative estimate of drug-likeness (QED) is 0.0718. The van der Waals surface area contributed by atoms with Crippen molar-refractivity contribution in [1.29, 1.82) is 0 Å². The van der Waals surface area contributed by atoms with Crippen molar-refractivity contribution in [2.45, 2.75) is 119 Å². The van der Waals surface area contributed by atoms with Gasteiger partial charge < -0.3 is 29.3 Å². The summed E-state index contributed by atoms with van der Waals surface area (Å²) in [7, 11) is 0. The van der Waals surface area contributed by atoms with Crippen molar-refractivity contribution < 1.29 is 34.1 Å². The zero-order valence-electron chi connectivity index (χ0n) is 31.1. The molecule has 6 unspecified atom stereocenters. The molecular formula is C43H57NO7S. The van der Waals surface area contributed by atoms with Gasteiger partial charge in [-0.15, -0.1) is 18.3 Å². The topological polar surface area (TPSA) is 107 Å². The molecule has 52 heavy (non-hydrogen) atoms. The Bertz CT molecular complexity index is 1590. The molecule has 0 saturated heterocycles. The van der Waals surface area contributed by atoms with E-state index in [1.54, 1.807) is 12.1 Å². The van der Waals surface area contributed by atoms with Gasteiger partial charge in [0.05, 0.1) is 23.5 Å². The van der Waals surface area contributed by atoms with Crippen LogP contribution in [-0.2, 0) is 9.57 Å². The normalized spacial score (nSPS) is 27.7. The number of carbonyl (C=O) groups excluding carboxylic acids is 1. The lowest BCUT2D eigenvalue weighted by molar-refractivity contribution is -0.223. The number of carbonyl (C=O) groups is 1. The zero-order chi connectivity index (χ0) is 36.7. The first-order valence-electron chi connectivity index (χ1n) is 19.3. The molecule has 0 amide bonds. The lowest BCUT2D eigenvalue weighted by atomic mass is 9.56. The molecule has 6 atom stereocenters. The first kappa shape index (κ1) is 38.6. The molecule has 0 spiro atoms. The van der Waals surface area contributed by atoms with Gasteiger partial charge in [0.1, 0.15) is 29.1 Å². The molecule has 8 nitrogen and oxygen atoms in total. The second-order valence-electron chi connectivity index (χ2n) is 15.8. The smallest absolute Gasteiger partial charge is 0.230 e. The molecule has 1 aliphatic heterocycles. The van der Waals surface area contributed by atoms with Crippen LogP contribution in [0.1, 0.15) is 113 Å². The summed E-state index contributed by atoms with van der Waals surface area (Å²) in [6, 6.07) is 13.3. The number of unbranched alkanes of at least 4 members (excludes halogenated alkanes) is 2. The number of hydrogen-bond donors (Lipinski definition) is 2. The Hall–Kier alpha value is -3.11. The van der Waals surface area contributed by atoms with Crippen molar-refractivity contribution in [3.05, 3.63) is 77.9 Å². The van der Waals surface area contributed by atoms with Crippen molar-refractivity contribution in [2.75, 3.05) is 19.8 Å². The van der Waals surface area contributed by atoms with Crippen LogP contribution in [0.3, 0.4) is 0 Å². The highest BCUT2D eigenvalue weighted by Crippen LogP contribution is 2.63. The van der Waals surface area contributed by atoms with Gasteiger partial charge in [-0.25, -0.2) is 0 Å². The number of rotatable bonds is 17. The molecule has 0 bridgehead atoms. The number of aliphatic hydroxyl groups is 2. The molecule has 2 aromatic rings. The van der Waals surface area contributed by atoms with E-state index in [2.05, 4.69) is 18.7 Å². The Labute approximate surface area is 314 Å². The Morgan fingerprint density at radius 1 is 1.02 bits per heavy atom. The van der Waals surface area contributed by atoms with Crippen molar-refractivity contribution in [2.24, 2.45) is 22.9 Å². The number of nitrogens with zero attached hydrogens (tertiary/aromatic N) is 1. The SMILES string of the molecule is C=CCOC12Oc3ccc(Oc4cccc(C=O)c4)cc3C3C(CCCCO)C(CCCCO)C=C(C(=NOC(C)(C)C)CC1SC1CCCC1)C32. The number of aliphatic hydroxyl groups excluding tert-OH is 2. The largest absolute Gasteiger partial charge is 0.460 e. The number of allylic oxidation sites excluding steroid dienone is 1. The number of oxime groups is 1. The molecule has 0 radical (unpaired) electrons. The first-order chi connectivity index (χ1) is 25.2. The number of fused-ring (bicyclic) bond motifs is 2. The molecular weight excluding hydrogens is 675 g/mol. The fourth-order valence-electron chi connectivity index (χ4n) is 8.74. The molecule has 2 N–H and O–H groups in total. The van der Waals surface area contributed by atoms with E-state index in [4.69, 9.17) is 24.2 Å². The molecule has 6 rings (SSSR count). The maximum absolute atomic E-state index is 11.5. The van der Waals surface area contributed by atoms with Gasteiger partial charge in [0.15, 0.2) is 0 Å². The van der Waals surface area contributed by atoms with E-state index >= 15 is 0 Å². The van der Waals surface area contributed by atoms with Crippen molar-refractivity contribution in [3.8, 4) is 17.2 Å². The van der Waals surface area contributed by atoms with Gasteiger partial charge in [-0.2, -0.15) is 0 Å². The Morgan fingerprint density at radius 2 is 1.77 bits per heavy atom. The van der Waals surface area contributed by atoms with Gasteiger partial charge in [0.2, 0.25) is 5.79 Å². The van der Waals surface area contributed by atoms with Gasteiger partial charge in [0, 0.05) is 41.9 Å². The van der Waals surface area contributed by atoms with E-state index in [0.717, 1.165) is 67.4 Å². The van der Waals surface area contributed by atoms with Gasteiger partial charge in [-0.05, 0) is 107 Å². The highest BCUT2D eigenvalue weighted by Gasteiger charge is 2.64. The van der Waals surface area contributed by atoms with Crippen LogP contribution in [0.2, 0.25) is 0 Å². The summed E-state index contributed by atoms with van der Waals surface area (Å²) in [6.45, 7) is 10.8. The minimum Gasteiger partial charge on any atom is -0.460 e. The van der Waals surface area contributed by atoms with Crippen LogP contribution < -0.4 is 9.47 Å². The number of aldehydes is 1. The summed E-state index contributed by atoms with van der Waals surface area (Å²) in [5, 5.41) is 25.1. The summed E-state index contributed by atoms with van der Waals surface area (Å²) >= 11 is 2.00. The van der Waals surface area contributed by atoms with Crippen molar-refractivity contribution >= 4 is 23.8 Å². The maximum Gasteiger partial charge on any atom is 0.230 e. The average Bonchev–Trinajstić information content (AvgIpc) is 3.65. The Balaban J connectivity index is 1.54. The third-order valence-corrected chi connectivity index (χ3v) is 12.6. The molecule has 4 aliphatic rings. The van der Waals surface area contributed by atoms with E-state index in [1.807, 2.05) is 62.9 Å². The van der Waals surface area contributed by atoms with Crippen LogP contribution in [0.4, 0.5) is 0 Å². The molecule has 3 aliphatic carbocycles. The maximum atomic E-state index is 11.5. The number of thioether (sulfide) groups is 1. The Morgan fingerprint density at radius 3 is 2.48 bits per heavy atom. The second kappa shape index (κ2) is 17.4. The summed E-state index contributed by atoms with van der Waals surface area (Å²) < 4.78 is 20.8. The van der Waals surface area contributed by atoms with Crippen LogP contribution in [0.15, 0.2) is 71.9 Å². The first-order valence-corrected chi connectivity index (χ1v) is 20.3. The molecule has 2 saturated carbocycles. The molecule has 2 fully saturated rings. The monoisotopic (exact) mass is 731 g/mol. The van der Waals surface area contributed by atoms with E-state index in [9.17, 15) is 15.0 Å². The second-order valence-corrected chi connectivity index (χ2v) is 17.3. The predicted molar refractivity (Wildman–Crippen MR) is 208 cm³/mol. The van der Waals surface area contributed by atoms with E-state index in [0.29, 0.717) is 35.3 Å². The number of benzene rings is 2. The highest BCUT2D eigenvalue weighted by atomic mass is 32.2. The molecule has 0 aromatic heterocycles. The minimum absolute atomic E-state index is 0.0111. The van der Waals surface area contributed by atoms with Crippen molar-refractivity contribution in [3.63, 3.8) is 0 Å². The number of ether oxygens (including phenoxy) is 3. The summed E-state index contributed by atoms with van der Waals surface area (Å²) in [6.07, 6.45) is 15.7. The minimum atomic E-state index is -0.975.